The second-order valence-corrected chi connectivity index (χ2v) is 6.39. The fourth-order valence-corrected chi connectivity index (χ4v) is 3.17. The van der Waals surface area contributed by atoms with Crippen LogP contribution in [0.25, 0.3) is 0 Å². The van der Waals surface area contributed by atoms with Crippen molar-refractivity contribution < 1.29 is 0 Å². The van der Waals surface area contributed by atoms with E-state index in [0.29, 0.717) is 12.5 Å². The fraction of sp³-hybridized carbons (Fsp3) is 0.471. The summed E-state index contributed by atoms with van der Waals surface area (Å²) in [6.07, 6.45) is 1.98. The molecule has 3 nitrogen and oxygen atoms in total. The Labute approximate surface area is 135 Å². The summed E-state index contributed by atoms with van der Waals surface area (Å²) in [5.74, 6) is 0.434. The van der Waals surface area contributed by atoms with Crippen molar-refractivity contribution in [2.75, 3.05) is 6.54 Å². The zero-order valence-electron chi connectivity index (χ0n) is 13.1. The highest BCUT2D eigenvalue weighted by Crippen LogP contribution is 2.25. The van der Waals surface area contributed by atoms with Gasteiger partial charge in [-0.25, -0.2) is 0 Å². The van der Waals surface area contributed by atoms with Crippen LogP contribution >= 0.6 is 15.9 Å². The van der Waals surface area contributed by atoms with Gasteiger partial charge in [0.2, 0.25) is 0 Å². The topological polar surface area (TPSA) is 43.8 Å². The van der Waals surface area contributed by atoms with Crippen LogP contribution in [0.4, 0.5) is 0 Å². The molecule has 0 spiro atoms. The zero-order chi connectivity index (χ0) is 15.4. The molecule has 0 bridgehead atoms. The number of rotatable bonds is 6. The maximum Gasteiger partial charge on any atom is 0.0738 e. The van der Waals surface area contributed by atoms with Crippen molar-refractivity contribution in [2.45, 2.75) is 40.2 Å². The van der Waals surface area contributed by atoms with Gasteiger partial charge in [0.15, 0.2) is 0 Å². The monoisotopic (exact) mass is 349 g/mol. The minimum absolute atomic E-state index is 0.434. The molecule has 1 aromatic carbocycles. The standard InChI is InChI=1S/C17H24BrN3/c1-4-21-16(17(18)13(3)20-21)10-14(11-19)9-15-8-6-5-7-12(15)2/h5-8,14H,4,9-11,19H2,1-3H3. The van der Waals surface area contributed by atoms with Crippen LogP contribution in [0.15, 0.2) is 28.7 Å². The minimum atomic E-state index is 0.434. The Balaban J connectivity index is 2.18. The highest BCUT2D eigenvalue weighted by molar-refractivity contribution is 9.10. The number of benzene rings is 1. The number of halogens is 1. The number of hydrogen-bond donors (Lipinski definition) is 1. The maximum atomic E-state index is 6.02. The van der Waals surface area contributed by atoms with Gasteiger partial charge in [-0.1, -0.05) is 24.3 Å². The number of aromatic nitrogens is 2. The predicted molar refractivity (Wildman–Crippen MR) is 91.5 cm³/mol. The number of nitrogens with zero attached hydrogens (tertiary/aromatic N) is 2. The molecule has 1 aromatic heterocycles. The van der Waals surface area contributed by atoms with Crippen LogP contribution in [0.1, 0.15) is 29.4 Å². The Morgan fingerprint density at radius 1 is 1.24 bits per heavy atom. The van der Waals surface area contributed by atoms with Gasteiger partial charge in [-0.15, -0.1) is 0 Å². The fourth-order valence-electron chi connectivity index (χ4n) is 2.73. The molecule has 4 heteroatoms. The lowest BCUT2D eigenvalue weighted by Gasteiger charge is -2.17. The van der Waals surface area contributed by atoms with Gasteiger partial charge in [0, 0.05) is 6.54 Å². The van der Waals surface area contributed by atoms with E-state index >= 15 is 0 Å². The van der Waals surface area contributed by atoms with Gasteiger partial charge in [-0.05, 0) is 73.1 Å². The molecule has 21 heavy (non-hydrogen) atoms. The van der Waals surface area contributed by atoms with Crippen molar-refractivity contribution in [3.05, 3.63) is 51.3 Å². The molecular weight excluding hydrogens is 326 g/mol. The van der Waals surface area contributed by atoms with E-state index < -0.39 is 0 Å². The van der Waals surface area contributed by atoms with E-state index in [9.17, 15) is 0 Å². The molecule has 1 atom stereocenters. The molecule has 0 saturated carbocycles. The summed E-state index contributed by atoms with van der Waals surface area (Å²) in [6.45, 7) is 7.91. The molecule has 0 amide bonds. The second kappa shape index (κ2) is 7.23. The van der Waals surface area contributed by atoms with Gasteiger partial charge in [-0.2, -0.15) is 5.10 Å². The summed E-state index contributed by atoms with van der Waals surface area (Å²) < 4.78 is 3.22. The van der Waals surface area contributed by atoms with Crippen molar-refractivity contribution >= 4 is 15.9 Å². The van der Waals surface area contributed by atoms with Crippen molar-refractivity contribution in [1.82, 2.24) is 9.78 Å². The first-order valence-corrected chi connectivity index (χ1v) is 8.32. The molecule has 0 saturated heterocycles. The van der Waals surface area contributed by atoms with Gasteiger partial charge in [0.05, 0.1) is 15.9 Å². The van der Waals surface area contributed by atoms with E-state index in [0.717, 1.165) is 29.6 Å². The zero-order valence-corrected chi connectivity index (χ0v) is 14.7. The van der Waals surface area contributed by atoms with Crippen LogP contribution in [0, 0.1) is 19.8 Å². The first kappa shape index (κ1) is 16.2. The van der Waals surface area contributed by atoms with Crippen LogP contribution in [-0.2, 0) is 19.4 Å². The van der Waals surface area contributed by atoms with Crippen molar-refractivity contribution in [3.8, 4) is 0 Å². The third-order valence-corrected chi connectivity index (χ3v) is 5.07. The second-order valence-electron chi connectivity index (χ2n) is 5.60. The molecule has 1 unspecified atom stereocenters. The molecule has 0 fully saturated rings. The van der Waals surface area contributed by atoms with Crippen LogP contribution in [0.5, 0.6) is 0 Å². The summed E-state index contributed by atoms with van der Waals surface area (Å²) in [4.78, 5) is 0. The Bertz CT molecular complexity index is 604. The summed E-state index contributed by atoms with van der Waals surface area (Å²) in [6, 6.07) is 8.56. The first-order chi connectivity index (χ1) is 10.1. The van der Waals surface area contributed by atoms with Gasteiger partial charge >= 0.3 is 0 Å². The van der Waals surface area contributed by atoms with E-state index in [4.69, 9.17) is 5.73 Å². The summed E-state index contributed by atoms with van der Waals surface area (Å²) >= 11 is 3.68. The lowest BCUT2D eigenvalue weighted by atomic mass is 9.92. The van der Waals surface area contributed by atoms with Gasteiger partial charge < -0.3 is 5.73 Å². The lowest BCUT2D eigenvalue weighted by Crippen LogP contribution is -2.21. The predicted octanol–water partition coefficient (Wildman–Crippen LogP) is 3.64. The highest BCUT2D eigenvalue weighted by Gasteiger charge is 2.17. The summed E-state index contributed by atoms with van der Waals surface area (Å²) in [7, 11) is 0. The molecule has 2 rings (SSSR count). The Morgan fingerprint density at radius 3 is 2.57 bits per heavy atom. The molecule has 114 valence electrons. The number of hydrogen-bond acceptors (Lipinski definition) is 2. The van der Waals surface area contributed by atoms with Gasteiger partial charge in [-0.3, -0.25) is 4.68 Å². The molecule has 0 aliphatic rings. The van der Waals surface area contributed by atoms with Crippen LogP contribution < -0.4 is 5.73 Å². The Hall–Kier alpha value is -1.13. The largest absolute Gasteiger partial charge is 0.330 e. The maximum absolute atomic E-state index is 6.02. The van der Waals surface area contributed by atoms with Crippen molar-refractivity contribution in [3.63, 3.8) is 0 Å². The quantitative estimate of drug-likeness (QED) is 0.864. The van der Waals surface area contributed by atoms with Gasteiger partial charge in [0.25, 0.3) is 0 Å². The third kappa shape index (κ3) is 3.74. The molecule has 2 N–H and O–H groups in total. The van der Waals surface area contributed by atoms with E-state index in [1.165, 1.54) is 16.8 Å². The SMILES string of the molecule is CCn1nc(C)c(Br)c1CC(CN)Cc1ccccc1C. The van der Waals surface area contributed by atoms with Crippen LogP contribution in [0.3, 0.4) is 0 Å². The molecule has 1 heterocycles. The summed E-state index contributed by atoms with van der Waals surface area (Å²) in [5, 5.41) is 4.57. The van der Waals surface area contributed by atoms with Crippen molar-refractivity contribution in [1.29, 1.82) is 0 Å². The van der Waals surface area contributed by atoms with E-state index in [-0.39, 0.29) is 0 Å². The highest BCUT2D eigenvalue weighted by atomic mass is 79.9. The van der Waals surface area contributed by atoms with Crippen LogP contribution in [0.2, 0.25) is 0 Å². The Kier molecular flexibility index (Phi) is 5.59. The molecule has 2 aromatic rings. The van der Waals surface area contributed by atoms with E-state index in [1.807, 2.05) is 6.92 Å². The van der Waals surface area contributed by atoms with E-state index in [1.54, 1.807) is 0 Å². The molecule has 0 radical (unpaired) electrons. The number of nitrogens with two attached hydrogens (primary N) is 1. The Morgan fingerprint density at radius 2 is 1.95 bits per heavy atom. The third-order valence-electron chi connectivity index (χ3n) is 4.04. The molecular formula is C17H24BrN3. The number of aryl methyl sites for hydroxylation is 3. The van der Waals surface area contributed by atoms with E-state index in [2.05, 4.69) is 63.8 Å². The van der Waals surface area contributed by atoms with Gasteiger partial charge in [0.1, 0.15) is 0 Å². The van der Waals surface area contributed by atoms with Crippen molar-refractivity contribution in [2.24, 2.45) is 11.7 Å². The lowest BCUT2D eigenvalue weighted by molar-refractivity contribution is 0.497. The smallest absolute Gasteiger partial charge is 0.0738 e. The normalized spacial score (nSPS) is 12.6. The van der Waals surface area contributed by atoms with Crippen LogP contribution in [-0.4, -0.2) is 16.3 Å². The minimum Gasteiger partial charge on any atom is -0.330 e. The average molecular weight is 350 g/mol. The first-order valence-electron chi connectivity index (χ1n) is 7.53. The summed E-state index contributed by atoms with van der Waals surface area (Å²) in [5.41, 5.74) is 11.1. The molecule has 0 aliphatic heterocycles. The molecule has 0 aliphatic carbocycles. The average Bonchev–Trinajstić information content (AvgIpc) is 2.76.